The molecule has 0 aromatic heterocycles. The predicted molar refractivity (Wildman–Crippen MR) is 39.7 cm³/mol. The molecule has 0 N–H and O–H groups in total. The minimum Gasteiger partial charge on any atom is -0.772 e. The van der Waals surface area contributed by atoms with Crippen LogP contribution >= 0.6 is 0 Å². The van der Waals surface area contributed by atoms with Gasteiger partial charge in [-0.25, -0.2) is 0 Å². The first-order valence-electron chi connectivity index (χ1n) is 3.38. The van der Waals surface area contributed by atoms with E-state index in [0.29, 0.717) is 13.0 Å². The zero-order valence-electron chi connectivity index (χ0n) is 7.37. The molecule has 66 valence electrons. The second kappa shape index (κ2) is 9.67. The molecule has 0 bridgehead atoms. The van der Waals surface area contributed by atoms with Crippen molar-refractivity contribution in [3.05, 3.63) is 0 Å². The summed E-state index contributed by atoms with van der Waals surface area (Å²) in [4.78, 5) is 10.6. The number of carbonyl (C=O) groups is 1. The smallest absolute Gasteiger partial charge is 0.772 e. The molecule has 0 aliphatic carbocycles. The van der Waals surface area contributed by atoms with Crippen LogP contribution in [0.1, 0.15) is 19.8 Å². The molecule has 0 aromatic rings. The van der Waals surface area contributed by atoms with E-state index in [9.17, 15) is 13.6 Å². The Kier molecular flexibility index (Phi) is 12.1. The maximum atomic E-state index is 10.6. The van der Waals surface area contributed by atoms with Crippen LogP contribution < -0.4 is 29.6 Å². The van der Waals surface area contributed by atoms with Crippen molar-refractivity contribution in [3.63, 3.8) is 0 Å². The molecule has 0 saturated carbocycles. The molecule has 12 heavy (non-hydrogen) atoms. The van der Waals surface area contributed by atoms with Gasteiger partial charge in [0.1, 0.15) is 0 Å². The summed E-state index contributed by atoms with van der Waals surface area (Å²) in [7, 11) is 0. The number of hydrogen-bond donors (Lipinski definition) is 0. The van der Waals surface area contributed by atoms with Crippen molar-refractivity contribution in [1.29, 1.82) is 0 Å². The normalized spacial score (nSPS) is 11.5. The number of hydrogen-bond acceptors (Lipinski definition) is 4. The maximum absolute atomic E-state index is 10.6. The van der Waals surface area contributed by atoms with Gasteiger partial charge in [0.05, 0.1) is 6.61 Å². The first kappa shape index (κ1) is 15.1. The van der Waals surface area contributed by atoms with Crippen LogP contribution in [0, 0.1) is 0 Å². The molecule has 0 heterocycles. The van der Waals surface area contributed by atoms with E-state index in [1.165, 1.54) is 0 Å². The fourth-order valence-electron chi connectivity index (χ4n) is 0.568. The number of carbonyl (C=O) groups excluding carboxylic acids is 1. The van der Waals surface area contributed by atoms with E-state index in [1.807, 2.05) is 0 Å². The first-order chi connectivity index (χ1) is 5.16. The van der Waals surface area contributed by atoms with Crippen LogP contribution in [0.4, 0.5) is 0 Å². The predicted octanol–water partition coefficient (Wildman–Crippen LogP) is -2.79. The molecule has 0 fully saturated rings. The monoisotopic (exact) mass is 202 g/mol. The van der Waals surface area contributed by atoms with Crippen molar-refractivity contribution in [2.24, 2.45) is 0 Å². The first-order valence-corrected chi connectivity index (χ1v) is 4.62. The van der Waals surface area contributed by atoms with Crippen molar-refractivity contribution < 1.29 is 47.9 Å². The van der Waals surface area contributed by atoms with E-state index >= 15 is 0 Å². The molecule has 0 radical (unpaired) electrons. The number of esters is 1. The van der Waals surface area contributed by atoms with Gasteiger partial charge in [-0.05, 0) is 13.3 Å². The Morgan fingerprint density at radius 3 is 2.58 bits per heavy atom. The quantitative estimate of drug-likeness (QED) is 0.275. The van der Waals surface area contributed by atoms with Crippen molar-refractivity contribution in [2.45, 2.75) is 19.8 Å². The van der Waals surface area contributed by atoms with E-state index in [-0.39, 0.29) is 47.7 Å². The molecule has 0 spiro atoms. The molecule has 4 nitrogen and oxygen atoms in total. The average Bonchev–Trinajstić information content (AvgIpc) is 1.87. The molecule has 6 heteroatoms. The van der Waals surface area contributed by atoms with Crippen LogP contribution in [0.2, 0.25) is 0 Å². The van der Waals surface area contributed by atoms with Crippen molar-refractivity contribution >= 4 is 17.0 Å². The van der Waals surface area contributed by atoms with Crippen LogP contribution in [0.5, 0.6) is 0 Å². The molecular weight excluding hydrogens is 191 g/mol. The maximum Gasteiger partial charge on any atom is 1.00 e. The van der Waals surface area contributed by atoms with E-state index in [0.717, 1.165) is 0 Å². The third-order valence-corrected chi connectivity index (χ3v) is 1.62. The van der Waals surface area contributed by atoms with Crippen LogP contribution in [-0.2, 0) is 20.6 Å². The molecule has 1 atom stereocenters. The second-order valence-corrected chi connectivity index (χ2v) is 2.93. The van der Waals surface area contributed by atoms with Gasteiger partial charge in [0, 0.05) is 12.2 Å². The Bertz CT molecular complexity index is 150. The summed E-state index contributed by atoms with van der Waals surface area (Å²) in [6, 6.07) is 0. The van der Waals surface area contributed by atoms with Crippen LogP contribution in [0.25, 0.3) is 0 Å². The molecule has 0 aliphatic rings. The zero-order valence-corrected chi connectivity index (χ0v) is 10.2. The van der Waals surface area contributed by atoms with Crippen LogP contribution in [0.3, 0.4) is 0 Å². The minimum atomic E-state index is -2.04. The van der Waals surface area contributed by atoms with Gasteiger partial charge in [0.2, 0.25) is 0 Å². The average molecular weight is 202 g/mol. The van der Waals surface area contributed by atoms with Crippen molar-refractivity contribution in [2.75, 3.05) is 12.4 Å². The molecule has 0 rings (SSSR count). The van der Waals surface area contributed by atoms with Gasteiger partial charge in [-0.3, -0.25) is 9.00 Å². The zero-order chi connectivity index (χ0) is 8.69. The van der Waals surface area contributed by atoms with Gasteiger partial charge >= 0.3 is 35.5 Å². The summed E-state index contributed by atoms with van der Waals surface area (Å²) in [6.07, 6.45) is 0.525. The SMILES string of the molecule is CCOC(=O)CCCS(=O)[O-].[Na+]. The largest absolute Gasteiger partial charge is 1.00 e. The Balaban J connectivity index is 0. The van der Waals surface area contributed by atoms with Crippen LogP contribution in [0.15, 0.2) is 0 Å². The number of rotatable bonds is 5. The standard InChI is InChI=1S/C6H12O4S.Na/c1-2-10-6(7)4-3-5-11(8)9;/h2-5H2,1H3,(H,8,9);/q;+1/p-1. The van der Waals surface area contributed by atoms with Crippen molar-refractivity contribution in [1.82, 2.24) is 0 Å². The van der Waals surface area contributed by atoms with E-state index in [2.05, 4.69) is 4.74 Å². The van der Waals surface area contributed by atoms with E-state index < -0.39 is 11.1 Å². The van der Waals surface area contributed by atoms with E-state index in [1.54, 1.807) is 6.92 Å². The molecule has 0 aliphatic heterocycles. The van der Waals surface area contributed by atoms with Gasteiger partial charge in [0.15, 0.2) is 0 Å². The topological polar surface area (TPSA) is 66.4 Å². The summed E-state index contributed by atoms with van der Waals surface area (Å²) in [5.74, 6) is -0.309. The number of ether oxygens (including phenoxy) is 1. The molecular formula is C6H11NaO4S. The Morgan fingerprint density at radius 1 is 1.58 bits per heavy atom. The Morgan fingerprint density at radius 2 is 2.17 bits per heavy atom. The Hall–Kier alpha value is 0.580. The van der Waals surface area contributed by atoms with Gasteiger partial charge in [-0.15, -0.1) is 0 Å². The third kappa shape index (κ3) is 10.6. The van der Waals surface area contributed by atoms with Crippen LogP contribution in [-0.4, -0.2) is 27.1 Å². The van der Waals surface area contributed by atoms with Gasteiger partial charge in [-0.2, -0.15) is 0 Å². The van der Waals surface area contributed by atoms with Crippen molar-refractivity contribution in [3.8, 4) is 0 Å². The summed E-state index contributed by atoms with van der Waals surface area (Å²) in [5.41, 5.74) is 0. The van der Waals surface area contributed by atoms with Gasteiger partial charge < -0.3 is 9.29 Å². The second-order valence-electron chi connectivity index (χ2n) is 1.92. The third-order valence-electron chi connectivity index (χ3n) is 0.997. The minimum absolute atomic E-state index is 0. The molecule has 0 amide bonds. The fraction of sp³-hybridized carbons (Fsp3) is 0.833. The summed E-state index contributed by atoms with van der Waals surface area (Å²) < 4.78 is 24.6. The van der Waals surface area contributed by atoms with Gasteiger partial charge in [0.25, 0.3) is 0 Å². The van der Waals surface area contributed by atoms with E-state index in [4.69, 9.17) is 0 Å². The summed E-state index contributed by atoms with van der Waals surface area (Å²) in [6.45, 7) is 2.06. The molecule has 0 aromatic carbocycles. The van der Waals surface area contributed by atoms with Gasteiger partial charge in [-0.1, -0.05) is 11.1 Å². The fourth-order valence-corrected chi connectivity index (χ4v) is 0.948. The summed E-state index contributed by atoms with van der Waals surface area (Å²) >= 11 is -2.04. The molecule has 0 saturated heterocycles. The Labute approximate surface area is 96.6 Å². The molecule has 1 unspecified atom stereocenters. The summed E-state index contributed by atoms with van der Waals surface area (Å²) in [5, 5.41) is 0.